The van der Waals surface area contributed by atoms with Gasteiger partial charge in [0.15, 0.2) is 0 Å². The molecular formula is C11H15N3O2. The van der Waals surface area contributed by atoms with Crippen molar-refractivity contribution in [1.29, 1.82) is 0 Å². The van der Waals surface area contributed by atoms with Crippen LogP contribution in [0.3, 0.4) is 0 Å². The first-order valence-corrected chi connectivity index (χ1v) is 5.76. The third kappa shape index (κ3) is 1.61. The zero-order valence-corrected chi connectivity index (χ0v) is 9.11. The molecule has 0 aliphatic carbocycles. The number of aromatic nitrogens is 2. The largest absolute Gasteiger partial charge is 0.368 e. The normalized spacial score (nSPS) is 24.5. The van der Waals surface area contributed by atoms with Gasteiger partial charge in [-0.2, -0.15) is 0 Å². The Balaban J connectivity index is 1.71. The number of hydrogen-bond donors (Lipinski definition) is 1. The zero-order valence-electron chi connectivity index (χ0n) is 9.11. The van der Waals surface area contributed by atoms with Crippen LogP contribution >= 0.6 is 0 Å². The van der Waals surface area contributed by atoms with E-state index in [2.05, 4.69) is 9.97 Å². The van der Waals surface area contributed by atoms with Gasteiger partial charge in [-0.25, -0.2) is 4.98 Å². The fraction of sp³-hybridized carbons (Fsp3) is 0.636. The van der Waals surface area contributed by atoms with Gasteiger partial charge in [0.05, 0.1) is 24.3 Å². The van der Waals surface area contributed by atoms with Crippen LogP contribution in [0.15, 0.2) is 6.33 Å². The van der Waals surface area contributed by atoms with Crippen molar-refractivity contribution < 1.29 is 9.53 Å². The highest BCUT2D eigenvalue weighted by molar-refractivity contribution is 5.81. The minimum Gasteiger partial charge on any atom is -0.368 e. The van der Waals surface area contributed by atoms with E-state index in [1.807, 2.05) is 4.90 Å². The highest BCUT2D eigenvalue weighted by atomic mass is 16.5. The lowest BCUT2D eigenvalue weighted by molar-refractivity contribution is -0.141. The molecule has 5 nitrogen and oxygen atoms in total. The molecule has 0 spiro atoms. The summed E-state index contributed by atoms with van der Waals surface area (Å²) in [6, 6.07) is 0. The van der Waals surface area contributed by atoms with Crippen LogP contribution in [0.25, 0.3) is 0 Å². The number of imidazole rings is 1. The van der Waals surface area contributed by atoms with E-state index >= 15 is 0 Å². The van der Waals surface area contributed by atoms with Crippen molar-refractivity contribution in [3.05, 3.63) is 17.7 Å². The number of nitrogens with zero attached hydrogens (tertiary/aromatic N) is 2. The quantitative estimate of drug-likeness (QED) is 0.750. The van der Waals surface area contributed by atoms with Gasteiger partial charge in [-0.1, -0.05) is 0 Å². The molecule has 1 aromatic rings. The van der Waals surface area contributed by atoms with Crippen molar-refractivity contribution in [1.82, 2.24) is 14.9 Å². The molecule has 0 radical (unpaired) electrons. The number of aromatic amines is 1. The average Bonchev–Trinajstić information content (AvgIpc) is 2.98. The molecule has 1 aromatic heterocycles. The van der Waals surface area contributed by atoms with Crippen molar-refractivity contribution in [3.8, 4) is 0 Å². The van der Waals surface area contributed by atoms with Crippen LogP contribution in [-0.4, -0.2) is 40.0 Å². The predicted octanol–water partition coefficient (Wildman–Crippen LogP) is 0.473. The monoisotopic (exact) mass is 221 g/mol. The number of ether oxygens (including phenoxy) is 1. The Morgan fingerprint density at radius 1 is 1.62 bits per heavy atom. The first kappa shape index (κ1) is 9.84. The summed E-state index contributed by atoms with van der Waals surface area (Å²) in [4.78, 5) is 21.3. The van der Waals surface area contributed by atoms with Gasteiger partial charge < -0.3 is 14.6 Å². The Morgan fingerprint density at radius 2 is 2.56 bits per heavy atom. The molecule has 1 atom stereocenters. The number of nitrogens with one attached hydrogen (secondary N) is 1. The Bertz CT molecular complexity index is 396. The Kier molecular flexibility index (Phi) is 2.40. The number of carbonyl (C=O) groups excluding carboxylic acids is 1. The lowest BCUT2D eigenvalue weighted by Crippen LogP contribution is -2.41. The first-order chi connectivity index (χ1) is 7.84. The molecule has 2 aliphatic rings. The standard InChI is InChI=1S/C11H15N3O2/c15-11(10-2-1-5-16-10)14-4-3-8-9(6-14)13-7-12-8/h7,10H,1-6H2,(H,12,13). The lowest BCUT2D eigenvalue weighted by atomic mass is 10.1. The molecule has 1 unspecified atom stereocenters. The molecule has 1 N–H and O–H groups in total. The van der Waals surface area contributed by atoms with Crippen LogP contribution in [0.2, 0.25) is 0 Å². The highest BCUT2D eigenvalue weighted by Crippen LogP contribution is 2.20. The number of H-pyrrole nitrogens is 1. The van der Waals surface area contributed by atoms with Gasteiger partial charge in [0.2, 0.25) is 0 Å². The van der Waals surface area contributed by atoms with Crippen LogP contribution in [0.5, 0.6) is 0 Å². The van der Waals surface area contributed by atoms with Crippen molar-refractivity contribution >= 4 is 5.91 Å². The SMILES string of the molecule is O=C(C1CCCO1)N1CCc2nc[nH]c2C1. The summed E-state index contributed by atoms with van der Waals surface area (Å²) < 4.78 is 5.42. The number of amides is 1. The van der Waals surface area contributed by atoms with E-state index in [0.717, 1.165) is 43.8 Å². The second-order valence-electron chi connectivity index (χ2n) is 4.34. The second-order valence-corrected chi connectivity index (χ2v) is 4.34. The second kappa shape index (κ2) is 3.90. The summed E-state index contributed by atoms with van der Waals surface area (Å²) in [6.45, 7) is 2.13. The first-order valence-electron chi connectivity index (χ1n) is 5.76. The van der Waals surface area contributed by atoms with Crippen molar-refractivity contribution in [2.75, 3.05) is 13.2 Å². The minimum absolute atomic E-state index is 0.137. The van der Waals surface area contributed by atoms with Gasteiger partial charge in [-0.15, -0.1) is 0 Å². The minimum atomic E-state index is -0.204. The average molecular weight is 221 g/mol. The Morgan fingerprint density at radius 3 is 3.38 bits per heavy atom. The van der Waals surface area contributed by atoms with Crippen LogP contribution in [0.4, 0.5) is 0 Å². The molecule has 1 fully saturated rings. The van der Waals surface area contributed by atoms with E-state index < -0.39 is 0 Å². The fourth-order valence-electron chi connectivity index (χ4n) is 2.38. The molecular weight excluding hydrogens is 206 g/mol. The Labute approximate surface area is 93.8 Å². The molecule has 16 heavy (non-hydrogen) atoms. The van der Waals surface area contributed by atoms with E-state index in [0.29, 0.717) is 6.54 Å². The fourth-order valence-corrected chi connectivity index (χ4v) is 2.38. The van der Waals surface area contributed by atoms with Gasteiger partial charge in [0.25, 0.3) is 5.91 Å². The lowest BCUT2D eigenvalue weighted by Gasteiger charge is -2.28. The maximum atomic E-state index is 12.1. The van der Waals surface area contributed by atoms with E-state index in [-0.39, 0.29) is 12.0 Å². The topological polar surface area (TPSA) is 58.2 Å². The van der Waals surface area contributed by atoms with Crippen LogP contribution in [-0.2, 0) is 22.5 Å². The molecule has 5 heteroatoms. The van der Waals surface area contributed by atoms with Crippen LogP contribution in [0.1, 0.15) is 24.2 Å². The molecule has 3 heterocycles. The molecule has 86 valence electrons. The number of carbonyl (C=O) groups is 1. The molecule has 3 rings (SSSR count). The summed E-state index contributed by atoms with van der Waals surface area (Å²) in [5.74, 6) is 0.137. The number of fused-ring (bicyclic) bond motifs is 1. The third-order valence-electron chi connectivity index (χ3n) is 3.29. The summed E-state index contributed by atoms with van der Waals surface area (Å²) in [6.07, 6.45) is 4.21. The number of rotatable bonds is 1. The molecule has 0 aromatic carbocycles. The zero-order chi connectivity index (χ0) is 11.0. The number of hydrogen-bond acceptors (Lipinski definition) is 3. The summed E-state index contributed by atoms with van der Waals surface area (Å²) in [7, 11) is 0. The molecule has 2 aliphatic heterocycles. The van der Waals surface area contributed by atoms with Gasteiger partial charge in [0, 0.05) is 19.6 Å². The van der Waals surface area contributed by atoms with E-state index in [1.54, 1.807) is 6.33 Å². The van der Waals surface area contributed by atoms with Gasteiger partial charge in [0.1, 0.15) is 6.10 Å². The summed E-state index contributed by atoms with van der Waals surface area (Å²) >= 11 is 0. The van der Waals surface area contributed by atoms with Crippen molar-refractivity contribution in [3.63, 3.8) is 0 Å². The van der Waals surface area contributed by atoms with Gasteiger partial charge >= 0.3 is 0 Å². The Hall–Kier alpha value is -1.36. The van der Waals surface area contributed by atoms with E-state index in [4.69, 9.17) is 4.74 Å². The highest BCUT2D eigenvalue weighted by Gasteiger charge is 2.30. The summed E-state index contributed by atoms with van der Waals surface area (Å²) in [5.41, 5.74) is 2.16. The van der Waals surface area contributed by atoms with E-state index in [9.17, 15) is 4.79 Å². The van der Waals surface area contributed by atoms with Crippen molar-refractivity contribution in [2.45, 2.75) is 31.9 Å². The van der Waals surface area contributed by atoms with Gasteiger partial charge in [-0.3, -0.25) is 4.79 Å². The van der Waals surface area contributed by atoms with Crippen LogP contribution in [0, 0.1) is 0 Å². The maximum Gasteiger partial charge on any atom is 0.252 e. The predicted molar refractivity (Wildman–Crippen MR) is 56.7 cm³/mol. The van der Waals surface area contributed by atoms with Gasteiger partial charge in [-0.05, 0) is 12.8 Å². The van der Waals surface area contributed by atoms with Crippen molar-refractivity contribution in [2.24, 2.45) is 0 Å². The van der Waals surface area contributed by atoms with E-state index in [1.165, 1.54) is 0 Å². The maximum absolute atomic E-state index is 12.1. The molecule has 1 amide bonds. The molecule has 1 saturated heterocycles. The summed E-state index contributed by atoms with van der Waals surface area (Å²) in [5, 5.41) is 0. The third-order valence-corrected chi connectivity index (χ3v) is 3.29. The molecule has 0 saturated carbocycles. The van der Waals surface area contributed by atoms with Crippen LogP contribution < -0.4 is 0 Å². The smallest absolute Gasteiger partial charge is 0.252 e. The molecule has 0 bridgehead atoms.